The summed E-state index contributed by atoms with van der Waals surface area (Å²) < 4.78 is 0. The van der Waals surface area contributed by atoms with Crippen LogP contribution in [0.25, 0.3) is 11.4 Å². The molecule has 0 N–H and O–H groups in total. The molecule has 2 rings (SSSR count). The highest BCUT2D eigenvalue weighted by atomic mass is 35.5. The topological polar surface area (TPSA) is 51.6 Å². The van der Waals surface area contributed by atoms with Crippen LogP contribution in [0.3, 0.4) is 0 Å². The van der Waals surface area contributed by atoms with Crippen molar-refractivity contribution >= 4 is 11.6 Å². The Labute approximate surface area is 79.6 Å². The zero-order valence-corrected chi connectivity index (χ0v) is 7.31. The second kappa shape index (κ2) is 3.45. The summed E-state index contributed by atoms with van der Waals surface area (Å²) in [5, 5.41) is 7.84. The summed E-state index contributed by atoms with van der Waals surface area (Å²) >= 11 is 5.66. The average molecular weight is 193 g/mol. The van der Waals surface area contributed by atoms with Crippen molar-refractivity contribution in [3.05, 3.63) is 35.9 Å². The summed E-state index contributed by atoms with van der Waals surface area (Å²) in [6.07, 6.45) is 4.73. The van der Waals surface area contributed by atoms with E-state index in [1.54, 1.807) is 18.5 Å². The molecule has 0 unspecified atom stereocenters. The number of hydrogen-bond donors (Lipinski definition) is 0. The van der Waals surface area contributed by atoms with Gasteiger partial charge in [0.05, 0.1) is 6.20 Å². The molecule has 0 saturated heterocycles. The van der Waals surface area contributed by atoms with Gasteiger partial charge in [-0.3, -0.25) is 4.98 Å². The first-order valence-corrected chi connectivity index (χ1v) is 4.00. The van der Waals surface area contributed by atoms with Crippen molar-refractivity contribution in [3.8, 4) is 11.4 Å². The van der Waals surface area contributed by atoms with Crippen LogP contribution in [0.5, 0.6) is 0 Å². The van der Waals surface area contributed by atoms with Gasteiger partial charge in [-0.2, -0.15) is 5.10 Å². The van der Waals surface area contributed by atoms with E-state index in [0.717, 1.165) is 5.56 Å². The van der Waals surface area contributed by atoms with Crippen LogP contribution in [0.1, 0.15) is 0 Å². The Morgan fingerprint density at radius 3 is 2.85 bits per heavy atom. The molecule has 13 heavy (non-hydrogen) atoms. The number of hydrogen-bond acceptors (Lipinski definition) is 4. The summed E-state index contributed by atoms with van der Waals surface area (Å²) in [5.74, 6) is 0.487. The maximum atomic E-state index is 5.66. The van der Waals surface area contributed by atoms with Crippen LogP contribution < -0.4 is 0 Å². The summed E-state index contributed by atoms with van der Waals surface area (Å²) in [6, 6.07) is 3.65. The van der Waals surface area contributed by atoms with Crippen LogP contribution in [0, 0.1) is 0 Å². The second-order valence-corrected chi connectivity index (χ2v) is 2.73. The largest absolute Gasteiger partial charge is 0.264 e. The maximum Gasteiger partial charge on any atom is 0.184 e. The quantitative estimate of drug-likeness (QED) is 0.689. The highest BCUT2D eigenvalue weighted by Gasteiger charge is 2.01. The normalized spacial score (nSPS) is 9.92. The van der Waals surface area contributed by atoms with Crippen molar-refractivity contribution in [1.29, 1.82) is 0 Å². The van der Waals surface area contributed by atoms with Gasteiger partial charge in [0, 0.05) is 18.0 Å². The standard InChI is InChI=1S/C8H5ClN4/c9-7-5-11-13-8(12-7)6-2-1-3-10-4-6/h1-5H. The fourth-order valence-corrected chi connectivity index (χ4v) is 1.02. The SMILES string of the molecule is Clc1cnnc(-c2cccnc2)n1. The Morgan fingerprint density at radius 2 is 2.15 bits per heavy atom. The zero-order valence-electron chi connectivity index (χ0n) is 6.55. The van der Waals surface area contributed by atoms with Gasteiger partial charge < -0.3 is 0 Å². The minimum atomic E-state index is 0.328. The van der Waals surface area contributed by atoms with Crippen LogP contribution in [0.15, 0.2) is 30.7 Å². The van der Waals surface area contributed by atoms with Crippen molar-refractivity contribution in [2.45, 2.75) is 0 Å². The van der Waals surface area contributed by atoms with Crippen molar-refractivity contribution < 1.29 is 0 Å². The van der Waals surface area contributed by atoms with E-state index >= 15 is 0 Å². The molecular formula is C8H5ClN4. The first-order chi connectivity index (χ1) is 6.36. The summed E-state index contributed by atoms with van der Waals surface area (Å²) in [5.41, 5.74) is 0.803. The fourth-order valence-electron chi connectivity index (χ4n) is 0.901. The Bertz CT molecular complexity index is 404. The molecule has 0 aliphatic carbocycles. The molecule has 0 atom stereocenters. The van der Waals surface area contributed by atoms with Crippen molar-refractivity contribution in [2.24, 2.45) is 0 Å². The van der Waals surface area contributed by atoms with Gasteiger partial charge in [-0.15, -0.1) is 5.10 Å². The van der Waals surface area contributed by atoms with E-state index in [9.17, 15) is 0 Å². The number of aromatic nitrogens is 4. The molecule has 0 aliphatic heterocycles. The molecule has 0 amide bonds. The molecular weight excluding hydrogens is 188 g/mol. The third kappa shape index (κ3) is 1.78. The van der Waals surface area contributed by atoms with Gasteiger partial charge in [-0.05, 0) is 12.1 Å². The molecule has 4 nitrogen and oxygen atoms in total. The van der Waals surface area contributed by atoms with E-state index in [0.29, 0.717) is 11.0 Å². The monoisotopic (exact) mass is 192 g/mol. The Morgan fingerprint density at radius 1 is 1.23 bits per heavy atom. The molecule has 0 radical (unpaired) electrons. The first kappa shape index (κ1) is 8.07. The minimum Gasteiger partial charge on any atom is -0.264 e. The summed E-state index contributed by atoms with van der Waals surface area (Å²) in [6.45, 7) is 0. The molecule has 2 heterocycles. The Balaban J connectivity index is 2.48. The van der Waals surface area contributed by atoms with Crippen LogP contribution in [0.4, 0.5) is 0 Å². The minimum absolute atomic E-state index is 0.328. The predicted octanol–water partition coefficient (Wildman–Crippen LogP) is 1.59. The molecule has 5 heteroatoms. The lowest BCUT2D eigenvalue weighted by Gasteiger charge is -1.96. The highest BCUT2D eigenvalue weighted by molar-refractivity contribution is 6.29. The lowest BCUT2D eigenvalue weighted by Crippen LogP contribution is -1.91. The highest BCUT2D eigenvalue weighted by Crippen LogP contribution is 2.12. The van der Waals surface area contributed by atoms with E-state index in [1.165, 1.54) is 6.20 Å². The van der Waals surface area contributed by atoms with Crippen molar-refractivity contribution in [2.75, 3.05) is 0 Å². The zero-order chi connectivity index (χ0) is 9.10. The molecule has 2 aromatic rings. The third-order valence-electron chi connectivity index (χ3n) is 1.45. The molecule has 64 valence electrons. The first-order valence-electron chi connectivity index (χ1n) is 3.62. The van der Waals surface area contributed by atoms with Crippen LogP contribution in [-0.4, -0.2) is 20.2 Å². The molecule has 0 bridgehead atoms. The van der Waals surface area contributed by atoms with Crippen molar-refractivity contribution in [3.63, 3.8) is 0 Å². The number of nitrogens with zero attached hydrogens (tertiary/aromatic N) is 4. The average Bonchev–Trinajstić information content (AvgIpc) is 2.19. The van der Waals surface area contributed by atoms with E-state index in [4.69, 9.17) is 11.6 Å². The molecule has 0 aromatic carbocycles. The van der Waals surface area contributed by atoms with E-state index in [1.807, 2.05) is 6.07 Å². The van der Waals surface area contributed by atoms with Gasteiger partial charge in [0.1, 0.15) is 0 Å². The molecule has 2 aromatic heterocycles. The number of halogens is 1. The van der Waals surface area contributed by atoms with Crippen LogP contribution >= 0.6 is 11.6 Å². The van der Waals surface area contributed by atoms with Gasteiger partial charge in [-0.1, -0.05) is 11.6 Å². The lowest BCUT2D eigenvalue weighted by atomic mass is 10.3. The molecule has 0 spiro atoms. The van der Waals surface area contributed by atoms with E-state index in [-0.39, 0.29) is 0 Å². The smallest absolute Gasteiger partial charge is 0.184 e. The van der Waals surface area contributed by atoms with Gasteiger partial charge in [0.2, 0.25) is 0 Å². The maximum absolute atomic E-state index is 5.66. The molecule has 0 saturated carbocycles. The lowest BCUT2D eigenvalue weighted by molar-refractivity contribution is 0.978. The van der Waals surface area contributed by atoms with E-state index < -0.39 is 0 Å². The molecule has 0 aliphatic rings. The van der Waals surface area contributed by atoms with Gasteiger partial charge >= 0.3 is 0 Å². The summed E-state index contributed by atoms with van der Waals surface area (Å²) in [4.78, 5) is 7.94. The van der Waals surface area contributed by atoms with E-state index in [2.05, 4.69) is 20.2 Å². The van der Waals surface area contributed by atoms with Gasteiger partial charge in [0.25, 0.3) is 0 Å². The second-order valence-electron chi connectivity index (χ2n) is 2.34. The number of rotatable bonds is 1. The summed E-state index contributed by atoms with van der Waals surface area (Å²) in [7, 11) is 0. The Hall–Kier alpha value is -1.55. The Kier molecular flexibility index (Phi) is 2.14. The molecule has 0 fully saturated rings. The third-order valence-corrected chi connectivity index (χ3v) is 1.63. The van der Waals surface area contributed by atoms with Gasteiger partial charge in [0.15, 0.2) is 11.0 Å². The van der Waals surface area contributed by atoms with Crippen LogP contribution in [0.2, 0.25) is 5.15 Å². The number of pyridine rings is 1. The van der Waals surface area contributed by atoms with Crippen LogP contribution in [-0.2, 0) is 0 Å². The van der Waals surface area contributed by atoms with Crippen molar-refractivity contribution in [1.82, 2.24) is 20.2 Å². The fraction of sp³-hybridized carbons (Fsp3) is 0. The van der Waals surface area contributed by atoms with Gasteiger partial charge in [-0.25, -0.2) is 4.98 Å². The predicted molar refractivity (Wildman–Crippen MR) is 48.1 cm³/mol.